The van der Waals surface area contributed by atoms with Gasteiger partial charge in [0.25, 0.3) is 5.91 Å². The Morgan fingerprint density at radius 3 is 2.62 bits per heavy atom. The molecule has 0 saturated carbocycles. The van der Waals surface area contributed by atoms with Crippen LogP contribution in [0.2, 0.25) is 15.1 Å². The molecule has 3 rings (SSSR count). The minimum atomic E-state index is -0.330. The zero-order valence-electron chi connectivity index (χ0n) is 13.5. The average Bonchev–Trinajstić information content (AvgIpc) is 3.05. The smallest absolute Gasteiger partial charge is 0.263 e. The summed E-state index contributed by atoms with van der Waals surface area (Å²) in [7, 11) is 0. The van der Waals surface area contributed by atoms with E-state index in [1.807, 2.05) is 12.1 Å². The van der Waals surface area contributed by atoms with Gasteiger partial charge in [0.05, 0.1) is 27.8 Å². The highest BCUT2D eigenvalue weighted by atomic mass is 35.5. The third-order valence-electron chi connectivity index (χ3n) is 3.53. The topological polar surface area (TPSA) is 56.1 Å². The van der Waals surface area contributed by atoms with Crippen molar-refractivity contribution in [2.45, 2.75) is 6.54 Å². The van der Waals surface area contributed by atoms with Crippen molar-refractivity contribution in [3.63, 3.8) is 0 Å². The second-order valence-electron chi connectivity index (χ2n) is 5.35. The van der Waals surface area contributed by atoms with E-state index in [4.69, 9.17) is 39.5 Å². The number of rotatable bonds is 6. The molecule has 8 heteroatoms. The average molecular weight is 411 g/mol. The molecule has 0 spiro atoms. The minimum absolute atomic E-state index is 0.174. The maximum Gasteiger partial charge on any atom is 0.263 e. The van der Waals surface area contributed by atoms with E-state index < -0.39 is 0 Å². The Morgan fingerprint density at radius 2 is 1.81 bits per heavy atom. The number of nitrogens with one attached hydrogen (secondary N) is 1. The van der Waals surface area contributed by atoms with Crippen molar-refractivity contribution in [1.82, 2.24) is 9.78 Å². The van der Waals surface area contributed by atoms with Gasteiger partial charge in [-0.05, 0) is 23.8 Å². The third kappa shape index (κ3) is 4.49. The summed E-state index contributed by atoms with van der Waals surface area (Å²) >= 11 is 18.2. The van der Waals surface area contributed by atoms with E-state index in [-0.39, 0.29) is 12.5 Å². The molecule has 0 aliphatic heterocycles. The Hall–Kier alpha value is -2.21. The van der Waals surface area contributed by atoms with E-state index in [0.29, 0.717) is 33.2 Å². The Balaban J connectivity index is 1.64. The fourth-order valence-electron chi connectivity index (χ4n) is 2.28. The maximum absolute atomic E-state index is 12.2. The highest BCUT2D eigenvalue weighted by Crippen LogP contribution is 2.27. The molecular formula is C18H14Cl3N3O2. The first-order valence-corrected chi connectivity index (χ1v) is 8.80. The van der Waals surface area contributed by atoms with Gasteiger partial charge in [-0.15, -0.1) is 0 Å². The van der Waals surface area contributed by atoms with Crippen molar-refractivity contribution in [2.24, 2.45) is 0 Å². The second-order valence-corrected chi connectivity index (χ2v) is 6.55. The van der Waals surface area contributed by atoms with Gasteiger partial charge in [-0.2, -0.15) is 5.10 Å². The quantitative estimate of drug-likeness (QED) is 0.628. The molecule has 1 amide bonds. The largest absolute Gasteiger partial charge is 0.482 e. The molecule has 1 N–H and O–H groups in total. The van der Waals surface area contributed by atoms with E-state index in [0.717, 1.165) is 5.56 Å². The molecule has 3 aromatic rings. The van der Waals surface area contributed by atoms with Crippen LogP contribution in [0.4, 0.5) is 5.82 Å². The van der Waals surface area contributed by atoms with Crippen molar-refractivity contribution in [2.75, 3.05) is 11.9 Å². The Bertz CT molecular complexity index is 928. The predicted molar refractivity (Wildman–Crippen MR) is 103 cm³/mol. The summed E-state index contributed by atoms with van der Waals surface area (Å²) in [5, 5.41) is 8.33. The fraction of sp³-hybridized carbons (Fsp3) is 0.111. The summed E-state index contributed by atoms with van der Waals surface area (Å²) in [6, 6.07) is 14.0. The first-order valence-electron chi connectivity index (χ1n) is 7.66. The van der Waals surface area contributed by atoms with Crippen LogP contribution in [0.3, 0.4) is 0 Å². The molecule has 1 heterocycles. The number of hydrogen-bond donors (Lipinski definition) is 1. The van der Waals surface area contributed by atoms with Crippen LogP contribution in [0.5, 0.6) is 5.75 Å². The lowest BCUT2D eigenvalue weighted by molar-refractivity contribution is -0.118. The molecule has 2 aromatic carbocycles. The van der Waals surface area contributed by atoms with Crippen molar-refractivity contribution in [3.05, 3.63) is 75.4 Å². The molecule has 0 aliphatic carbocycles. The van der Waals surface area contributed by atoms with Crippen LogP contribution in [0, 0.1) is 0 Å². The lowest BCUT2D eigenvalue weighted by Crippen LogP contribution is -2.22. The molecule has 0 unspecified atom stereocenters. The Labute approximate surface area is 165 Å². The Kier molecular flexibility index (Phi) is 6.04. The summed E-state index contributed by atoms with van der Waals surface area (Å²) in [4.78, 5) is 12.2. The van der Waals surface area contributed by atoms with Gasteiger partial charge in [0.2, 0.25) is 0 Å². The SMILES string of the molecule is O=C(COc1ccccc1Cl)Nc1ccnn1Cc1cccc(Cl)c1Cl. The predicted octanol–water partition coefficient (Wildman–Crippen LogP) is 4.91. The number of halogens is 3. The van der Waals surface area contributed by atoms with Crippen LogP contribution in [-0.2, 0) is 11.3 Å². The maximum atomic E-state index is 12.2. The first-order chi connectivity index (χ1) is 12.5. The summed E-state index contributed by atoms with van der Waals surface area (Å²) in [6.07, 6.45) is 1.59. The molecule has 0 bridgehead atoms. The van der Waals surface area contributed by atoms with Crippen LogP contribution < -0.4 is 10.1 Å². The van der Waals surface area contributed by atoms with Crippen molar-refractivity contribution in [3.8, 4) is 5.75 Å². The summed E-state index contributed by atoms with van der Waals surface area (Å²) in [5.41, 5.74) is 0.797. The highest BCUT2D eigenvalue weighted by Gasteiger charge is 2.11. The molecule has 0 aliphatic rings. The number of aromatic nitrogens is 2. The van der Waals surface area contributed by atoms with Crippen LogP contribution in [0.1, 0.15) is 5.56 Å². The first kappa shape index (κ1) is 18.6. The van der Waals surface area contributed by atoms with Crippen molar-refractivity contribution >= 4 is 46.5 Å². The van der Waals surface area contributed by atoms with Crippen LogP contribution in [0.25, 0.3) is 0 Å². The lowest BCUT2D eigenvalue weighted by atomic mass is 10.2. The van der Waals surface area contributed by atoms with Crippen LogP contribution >= 0.6 is 34.8 Å². The van der Waals surface area contributed by atoms with Gasteiger partial charge in [-0.3, -0.25) is 4.79 Å². The van der Waals surface area contributed by atoms with Crippen LogP contribution in [-0.4, -0.2) is 22.3 Å². The molecule has 5 nitrogen and oxygen atoms in total. The van der Waals surface area contributed by atoms with E-state index in [9.17, 15) is 4.79 Å². The van der Waals surface area contributed by atoms with Gasteiger partial charge in [0, 0.05) is 6.07 Å². The third-order valence-corrected chi connectivity index (χ3v) is 4.70. The normalized spacial score (nSPS) is 10.6. The monoisotopic (exact) mass is 409 g/mol. The van der Waals surface area contributed by atoms with Gasteiger partial charge < -0.3 is 10.1 Å². The second kappa shape index (κ2) is 8.45. The zero-order chi connectivity index (χ0) is 18.5. The molecule has 0 radical (unpaired) electrons. The molecule has 1 aromatic heterocycles. The van der Waals surface area contributed by atoms with Gasteiger partial charge >= 0.3 is 0 Å². The standard InChI is InChI=1S/C18H14Cl3N3O2/c19-13-5-1-2-7-15(13)26-11-17(25)23-16-8-9-22-24(16)10-12-4-3-6-14(20)18(12)21/h1-9H,10-11H2,(H,23,25). The Morgan fingerprint density at radius 1 is 1.04 bits per heavy atom. The number of nitrogens with zero attached hydrogens (tertiary/aromatic N) is 2. The molecule has 0 fully saturated rings. The summed E-state index contributed by atoms with van der Waals surface area (Å²) in [6.45, 7) is 0.195. The van der Waals surface area contributed by atoms with Crippen molar-refractivity contribution in [1.29, 1.82) is 0 Å². The number of hydrogen-bond acceptors (Lipinski definition) is 3. The number of ether oxygens (including phenoxy) is 1. The number of amides is 1. The molecule has 0 atom stereocenters. The van der Waals surface area contributed by atoms with Crippen molar-refractivity contribution < 1.29 is 9.53 Å². The number of anilines is 1. The molecule has 0 saturated heterocycles. The molecule has 26 heavy (non-hydrogen) atoms. The van der Waals surface area contributed by atoms with E-state index in [2.05, 4.69) is 10.4 Å². The number of carbonyl (C=O) groups is 1. The number of para-hydroxylation sites is 1. The minimum Gasteiger partial charge on any atom is -0.482 e. The van der Waals surface area contributed by atoms with E-state index >= 15 is 0 Å². The zero-order valence-corrected chi connectivity index (χ0v) is 15.7. The lowest BCUT2D eigenvalue weighted by Gasteiger charge is -2.11. The number of benzene rings is 2. The summed E-state index contributed by atoms with van der Waals surface area (Å²) in [5.74, 6) is 0.640. The van der Waals surface area contributed by atoms with E-state index in [1.54, 1.807) is 47.3 Å². The van der Waals surface area contributed by atoms with Crippen LogP contribution in [0.15, 0.2) is 54.7 Å². The van der Waals surface area contributed by atoms with Gasteiger partial charge in [0.15, 0.2) is 6.61 Å². The van der Waals surface area contributed by atoms with Gasteiger partial charge in [0.1, 0.15) is 11.6 Å². The number of carbonyl (C=O) groups excluding carboxylic acids is 1. The van der Waals surface area contributed by atoms with Gasteiger partial charge in [-0.25, -0.2) is 4.68 Å². The molecular weight excluding hydrogens is 397 g/mol. The van der Waals surface area contributed by atoms with Gasteiger partial charge in [-0.1, -0.05) is 59.1 Å². The fourth-order valence-corrected chi connectivity index (χ4v) is 2.85. The summed E-state index contributed by atoms with van der Waals surface area (Å²) < 4.78 is 7.04. The molecule has 134 valence electrons. The highest BCUT2D eigenvalue weighted by molar-refractivity contribution is 6.42. The van der Waals surface area contributed by atoms with E-state index in [1.165, 1.54) is 0 Å².